The molecule has 5 nitrogen and oxygen atoms in total. The van der Waals surface area contributed by atoms with Crippen molar-refractivity contribution >= 4 is 15.8 Å². The first-order chi connectivity index (χ1) is 9.92. The second kappa shape index (κ2) is 6.24. The van der Waals surface area contributed by atoms with Gasteiger partial charge >= 0.3 is 0 Å². The quantitative estimate of drug-likeness (QED) is 0.889. The molecule has 1 heterocycles. The second-order valence-corrected chi connectivity index (χ2v) is 6.54. The molecule has 0 aliphatic carbocycles. The third-order valence-electron chi connectivity index (χ3n) is 3.16. The molecular formula is C15H19N3O2S. The van der Waals surface area contributed by atoms with Gasteiger partial charge < -0.3 is 5.73 Å². The maximum atomic E-state index is 12.4. The number of sulfonamides is 1. The van der Waals surface area contributed by atoms with Crippen LogP contribution in [0.2, 0.25) is 0 Å². The molecule has 0 radical (unpaired) electrons. The van der Waals surface area contributed by atoms with E-state index in [2.05, 4.69) is 9.71 Å². The van der Waals surface area contributed by atoms with Crippen molar-refractivity contribution in [1.29, 1.82) is 0 Å². The molecule has 2 rings (SSSR count). The van der Waals surface area contributed by atoms with Crippen LogP contribution < -0.4 is 10.5 Å². The maximum absolute atomic E-state index is 12.4. The number of nitrogens with zero attached hydrogens (tertiary/aromatic N) is 1. The van der Waals surface area contributed by atoms with Crippen molar-refractivity contribution in [3.05, 3.63) is 53.7 Å². The number of hydrogen-bond acceptors (Lipinski definition) is 4. The Bertz CT molecular complexity index is 729. The predicted octanol–water partition coefficient (Wildman–Crippen LogP) is 2.60. The van der Waals surface area contributed by atoms with E-state index in [1.54, 1.807) is 43.3 Å². The minimum absolute atomic E-state index is 0.169. The molecule has 1 aromatic heterocycles. The van der Waals surface area contributed by atoms with E-state index in [9.17, 15) is 8.42 Å². The van der Waals surface area contributed by atoms with Crippen molar-refractivity contribution < 1.29 is 8.42 Å². The number of nitrogens with one attached hydrogen (secondary N) is 1. The highest BCUT2D eigenvalue weighted by atomic mass is 32.2. The first-order valence-corrected chi connectivity index (χ1v) is 8.22. The topological polar surface area (TPSA) is 85.1 Å². The smallest absolute Gasteiger partial charge is 0.263 e. The largest absolute Gasteiger partial charge is 0.324 e. The lowest BCUT2D eigenvalue weighted by atomic mass is 10.1. The molecule has 0 bridgehead atoms. The summed E-state index contributed by atoms with van der Waals surface area (Å²) in [5.74, 6) is 0.306. The van der Waals surface area contributed by atoms with Gasteiger partial charge in [-0.25, -0.2) is 13.4 Å². The van der Waals surface area contributed by atoms with Gasteiger partial charge in [-0.3, -0.25) is 4.72 Å². The van der Waals surface area contributed by atoms with Gasteiger partial charge in [0.1, 0.15) is 5.82 Å². The zero-order valence-corrected chi connectivity index (χ0v) is 12.9. The zero-order valence-electron chi connectivity index (χ0n) is 12.1. The van der Waals surface area contributed by atoms with Gasteiger partial charge in [0.05, 0.1) is 4.90 Å². The van der Waals surface area contributed by atoms with Crippen LogP contribution in [0.4, 0.5) is 5.82 Å². The lowest BCUT2D eigenvalue weighted by Gasteiger charge is -2.12. The summed E-state index contributed by atoms with van der Waals surface area (Å²) in [6.45, 7) is 3.76. The van der Waals surface area contributed by atoms with Crippen LogP contribution in [0, 0.1) is 6.92 Å². The minimum atomic E-state index is -3.66. The number of pyridine rings is 1. The van der Waals surface area contributed by atoms with E-state index < -0.39 is 10.0 Å². The lowest BCUT2D eigenvalue weighted by Crippen LogP contribution is -2.15. The summed E-state index contributed by atoms with van der Waals surface area (Å²) >= 11 is 0. The molecule has 0 amide bonds. The van der Waals surface area contributed by atoms with E-state index >= 15 is 0 Å². The zero-order chi connectivity index (χ0) is 15.5. The van der Waals surface area contributed by atoms with Gasteiger partial charge in [-0.1, -0.05) is 25.1 Å². The van der Waals surface area contributed by atoms with Gasteiger partial charge in [-0.05, 0) is 43.2 Å². The van der Waals surface area contributed by atoms with Crippen LogP contribution in [0.1, 0.15) is 30.6 Å². The fraction of sp³-hybridized carbons (Fsp3) is 0.267. The van der Waals surface area contributed by atoms with Crippen LogP contribution in [0.15, 0.2) is 47.4 Å². The predicted molar refractivity (Wildman–Crippen MR) is 83.4 cm³/mol. The maximum Gasteiger partial charge on any atom is 0.263 e. The molecule has 1 atom stereocenters. The third kappa shape index (κ3) is 3.80. The van der Waals surface area contributed by atoms with Crippen molar-refractivity contribution in [2.75, 3.05) is 4.72 Å². The summed E-state index contributed by atoms with van der Waals surface area (Å²) in [6.07, 6.45) is 0.746. The fourth-order valence-electron chi connectivity index (χ4n) is 1.94. The fourth-order valence-corrected chi connectivity index (χ4v) is 3.00. The van der Waals surface area contributed by atoms with Gasteiger partial charge in [-0.2, -0.15) is 0 Å². The van der Waals surface area contributed by atoms with Crippen molar-refractivity contribution in [3.8, 4) is 0 Å². The SMILES string of the molecule is CCC(N)c1cccc(S(=O)(=O)Nc2cccc(C)n2)c1. The summed E-state index contributed by atoms with van der Waals surface area (Å²) in [5, 5.41) is 0. The Morgan fingerprint density at radius 2 is 1.95 bits per heavy atom. The van der Waals surface area contributed by atoms with Gasteiger partial charge in [0.25, 0.3) is 10.0 Å². The number of rotatable bonds is 5. The Balaban J connectivity index is 2.31. The molecule has 2 aromatic rings. The Labute approximate surface area is 125 Å². The highest BCUT2D eigenvalue weighted by Gasteiger charge is 2.16. The molecule has 0 saturated heterocycles. The molecule has 0 aliphatic rings. The van der Waals surface area contributed by atoms with E-state index in [0.29, 0.717) is 5.82 Å². The molecule has 3 N–H and O–H groups in total. The summed E-state index contributed by atoms with van der Waals surface area (Å²) in [6, 6.07) is 11.7. The van der Waals surface area contributed by atoms with Crippen LogP contribution in [-0.4, -0.2) is 13.4 Å². The minimum Gasteiger partial charge on any atom is -0.324 e. The monoisotopic (exact) mass is 305 g/mol. The normalized spacial score (nSPS) is 12.9. The van der Waals surface area contributed by atoms with Gasteiger partial charge in [-0.15, -0.1) is 0 Å². The summed E-state index contributed by atoms with van der Waals surface area (Å²) < 4.78 is 27.2. The average Bonchev–Trinajstić information content (AvgIpc) is 2.46. The highest BCUT2D eigenvalue weighted by Crippen LogP contribution is 2.20. The Morgan fingerprint density at radius 1 is 1.24 bits per heavy atom. The van der Waals surface area contributed by atoms with Crippen LogP contribution in [0.25, 0.3) is 0 Å². The van der Waals surface area contributed by atoms with Crippen molar-refractivity contribution in [2.24, 2.45) is 5.73 Å². The van der Waals surface area contributed by atoms with E-state index in [0.717, 1.165) is 17.7 Å². The van der Waals surface area contributed by atoms with Crippen LogP contribution >= 0.6 is 0 Å². The summed E-state index contributed by atoms with van der Waals surface area (Å²) in [5.41, 5.74) is 7.50. The first-order valence-electron chi connectivity index (χ1n) is 6.74. The molecule has 1 aromatic carbocycles. The van der Waals surface area contributed by atoms with Gasteiger partial charge in [0, 0.05) is 11.7 Å². The van der Waals surface area contributed by atoms with E-state index in [1.165, 1.54) is 0 Å². The third-order valence-corrected chi connectivity index (χ3v) is 4.52. The Hall–Kier alpha value is -1.92. The van der Waals surface area contributed by atoms with E-state index in [-0.39, 0.29) is 10.9 Å². The number of aromatic nitrogens is 1. The molecule has 0 fully saturated rings. The number of aryl methyl sites for hydroxylation is 1. The first kappa shape index (κ1) is 15.5. The molecule has 112 valence electrons. The molecule has 0 aliphatic heterocycles. The molecule has 1 unspecified atom stereocenters. The molecule has 6 heteroatoms. The Morgan fingerprint density at radius 3 is 2.62 bits per heavy atom. The second-order valence-electron chi connectivity index (χ2n) is 4.86. The van der Waals surface area contributed by atoms with E-state index in [1.807, 2.05) is 13.0 Å². The van der Waals surface area contributed by atoms with Crippen LogP contribution in [-0.2, 0) is 10.0 Å². The number of hydrogen-bond donors (Lipinski definition) is 2. The van der Waals surface area contributed by atoms with Gasteiger partial charge in [0.15, 0.2) is 0 Å². The van der Waals surface area contributed by atoms with Gasteiger partial charge in [0.2, 0.25) is 0 Å². The number of anilines is 1. The summed E-state index contributed by atoms with van der Waals surface area (Å²) in [4.78, 5) is 4.33. The average molecular weight is 305 g/mol. The van der Waals surface area contributed by atoms with Crippen LogP contribution in [0.5, 0.6) is 0 Å². The Kier molecular flexibility index (Phi) is 4.59. The standard InChI is InChI=1S/C15H19N3O2S/c1-3-14(16)12-7-5-8-13(10-12)21(19,20)18-15-9-4-6-11(2)17-15/h4-10,14H,3,16H2,1-2H3,(H,17,18). The highest BCUT2D eigenvalue weighted by molar-refractivity contribution is 7.92. The van der Waals surface area contributed by atoms with E-state index in [4.69, 9.17) is 5.73 Å². The lowest BCUT2D eigenvalue weighted by molar-refractivity contribution is 0.600. The molecule has 0 spiro atoms. The van der Waals surface area contributed by atoms with Crippen molar-refractivity contribution in [2.45, 2.75) is 31.2 Å². The van der Waals surface area contributed by atoms with Crippen LogP contribution in [0.3, 0.4) is 0 Å². The molecular weight excluding hydrogens is 286 g/mol. The molecule has 21 heavy (non-hydrogen) atoms. The number of nitrogens with two attached hydrogens (primary N) is 1. The van der Waals surface area contributed by atoms with Crippen molar-refractivity contribution in [1.82, 2.24) is 4.98 Å². The molecule has 0 saturated carbocycles. The number of benzene rings is 1. The summed E-state index contributed by atoms with van der Waals surface area (Å²) in [7, 11) is -3.66. The van der Waals surface area contributed by atoms with Crippen molar-refractivity contribution in [3.63, 3.8) is 0 Å².